The van der Waals surface area contributed by atoms with Crippen LogP contribution in [-0.2, 0) is 10.8 Å². The van der Waals surface area contributed by atoms with Crippen LogP contribution in [0.25, 0.3) is 0 Å². The lowest BCUT2D eigenvalue weighted by Crippen LogP contribution is -2.43. The topological polar surface area (TPSA) is 20.3 Å². The molecule has 1 fully saturated rings. The molecule has 1 rings (SSSR count). The highest BCUT2D eigenvalue weighted by Crippen LogP contribution is 2.33. The third-order valence-electron chi connectivity index (χ3n) is 3.11. The first-order chi connectivity index (χ1) is 6.08. The summed E-state index contributed by atoms with van der Waals surface area (Å²) in [4.78, 5) is 2.37. The molecule has 0 saturated carbocycles. The number of nitrogens with zero attached hydrogens (tertiary/aromatic N) is 1. The lowest BCUT2D eigenvalue weighted by atomic mass is 9.79. The molecule has 1 aliphatic heterocycles. The van der Waals surface area contributed by atoms with E-state index in [0.717, 1.165) is 18.7 Å². The molecule has 13 heavy (non-hydrogen) atoms. The molecule has 0 spiro atoms. The van der Waals surface area contributed by atoms with Gasteiger partial charge in [0.05, 0.1) is 0 Å². The fourth-order valence-corrected chi connectivity index (χ4v) is 3.70. The maximum Gasteiger partial charge on any atom is 0.0300 e. The van der Waals surface area contributed by atoms with Gasteiger partial charge in [-0.3, -0.25) is 4.21 Å². The summed E-state index contributed by atoms with van der Waals surface area (Å²) in [6, 6.07) is 0. The SMILES string of the molecule is CCC1(CS(C)=O)CCCN(C)C1. The maximum absolute atomic E-state index is 11.3. The van der Waals surface area contributed by atoms with Gasteiger partial charge in [-0.05, 0) is 38.3 Å². The van der Waals surface area contributed by atoms with Crippen LogP contribution in [0.15, 0.2) is 0 Å². The molecule has 0 N–H and O–H groups in total. The Hall–Kier alpha value is 0.110. The van der Waals surface area contributed by atoms with Crippen LogP contribution in [0.5, 0.6) is 0 Å². The molecular formula is C10H21NOS. The third-order valence-corrected chi connectivity index (χ3v) is 4.13. The van der Waals surface area contributed by atoms with Crippen LogP contribution in [0.2, 0.25) is 0 Å². The Morgan fingerprint density at radius 2 is 2.23 bits per heavy atom. The Morgan fingerprint density at radius 3 is 2.69 bits per heavy atom. The van der Waals surface area contributed by atoms with Gasteiger partial charge in [0.2, 0.25) is 0 Å². The van der Waals surface area contributed by atoms with E-state index in [9.17, 15) is 4.21 Å². The molecule has 1 saturated heterocycles. The molecule has 0 aliphatic carbocycles. The van der Waals surface area contributed by atoms with E-state index in [1.54, 1.807) is 0 Å². The van der Waals surface area contributed by atoms with Gasteiger partial charge < -0.3 is 4.90 Å². The Balaban J connectivity index is 2.61. The summed E-state index contributed by atoms with van der Waals surface area (Å²) in [7, 11) is 1.52. The minimum atomic E-state index is -0.644. The van der Waals surface area contributed by atoms with Gasteiger partial charge in [-0.1, -0.05) is 6.92 Å². The van der Waals surface area contributed by atoms with Crippen LogP contribution >= 0.6 is 0 Å². The van der Waals surface area contributed by atoms with E-state index in [4.69, 9.17) is 0 Å². The van der Waals surface area contributed by atoms with Crippen molar-refractivity contribution in [2.45, 2.75) is 26.2 Å². The van der Waals surface area contributed by atoms with Crippen LogP contribution in [0.3, 0.4) is 0 Å². The number of rotatable bonds is 3. The molecule has 2 atom stereocenters. The zero-order valence-electron chi connectivity index (χ0n) is 9.01. The third kappa shape index (κ3) is 3.06. The lowest BCUT2D eigenvalue weighted by molar-refractivity contribution is 0.125. The fraction of sp³-hybridized carbons (Fsp3) is 1.00. The van der Waals surface area contributed by atoms with Gasteiger partial charge in [-0.15, -0.1) is 0 Å². The van der Waals surface area contributed by atoms with Gasteiger partial charge in [-0.2, -0.15) is 0 Å². The van der Waals surface area contributed by atoms with Crippen LogP contribution in [-0.4, -0.2) is 41.3 Å². The van der Waals surface area contributed by atoms with Crippen molar-refractivity contribution in [3.8, 4) is 0 Å². The normalized spacial score (nSPS) is 33.2. The van der Waals surface area contributed by atoms with Crippen molar-refractivity contribution < 1.29 is 4.21 Å². The van der Waals surface area contributed by atoms with Crippen molar-refractivity contribution >= 4 is 10.8 Å². The van der Waals surface area contributed by atoms with Crippen molar-refractivity contribution in [3.05, 3.63) is 0 Å². The smallest absolute Gasteiger partial charge is 0.0300 e. The van der Waals surface area contributed by atoms with Crippen molar-refractivity contribution in [2.24, 2.45) is 5.41 Å². The quantitative estimate of drug-likeness (QED) is 0.692. The van der Waals surface area contributed by atoms with Crippen molar-refractivity contribution in [3.63, 3.8) is 0 Å². The lowest BCUT2D eigenvalue weighted by Gasteiger charge is -2.40. The minimum absolute atomic E-state index is 0.340. The average Bonchev–Trinajstić information content (AvgIpc) is 2.03. The van der Waals surface area contributed by atoms with Gasteiger partial charge in [0.15, 0.2) is 0 Å². The number of hydrogen-bond acceptors (Lipinski definition) is 2. The van der Waals surface area contributed by atoms with Gasteiger partial charge in [0.25, 0.3) is 0 Å². The first kappa shape index (κ1) is 11.2. The summed E-state index contributed by atoms with van der Waals surface area (Å²) >= 11 is 0. The molecular weight excluding hydrogens is 182 g/mol. The standard InChI is InChI=1S/C10H21NOS/c1-4-10(9-13(3)12)6-5-7-11(2)8-10/h4-9H2,1-3H3. The molecule has 2 nitrogen and oxygen atoms in total. The second kappa shape index (κ2) is 4.56. The Morgan fingerprint density at radius 1 is 1.54 bits per heavy atom. The largest absolute Gasteiger partial charge is 0.306 e. The van der Waals surface area contributed by atoms with E-state index in [-0.39, 0.29) is 0 Å². The summed E-state index contributed by atoms with van der Waals surface area (Å²) in [5.41, 5.74) is 0.340. The van der Waals surface area contributed by atoms with E-state index in [1.165, 1.54) is 19.4 Å². The van der Waals surface area contributed by atoms with Crippen molar-refractivity contribution in [1.82, 2.24) is 4.90 Å². The molecule has 0 bridgehead atoms. The van der Waals surface area contributed by atoms with Crippen LogP contribution in [0.1, 0.15) is 26.2 Å². The predicted octanol–water partition coefficient (Wildman–Crippen LogP) is 1.49. The second-order valence-corrected chi connectivity index (χ2v) is 5.85. The highest BCUT2D eigenvalue weighted by Gasteiger charge is 2.33. The van der Waals surface area contributed by atoms with E-state index >= 15 is 0 Å². The van der Waals surface area contributed by atoms with Crippen LogP contribution < -0.4 is 0 Å². The van der Waals surface area contributed by atoms with E-state index in [0.29, 0.717) is 5.41 Å². The zero-order chi connectivity index (χ0) is 9.90. The molecule has 0 aromatic carbocycles. The molecule has 0 aromatic heterocycles. The number of hydrogen-bond donors (Lipinski definition) is 0. The van der Waals surface area contributed by atoms with Gasteiger partial charge >= 0.3 is 0 Å². The molecule has 1 heterocycles. The van der Waals surface area contributed by atoms with Crippen LogP contribution in [0, 0.1) is 5.41 Å². The fourth-order valence-electron chi connectivity index (χ4n) is 2.39. The van der Waals surface area contributed by atoms with E-state index in [1.807, 2.05) is 6.26 Å². The molecule has 78 valence electrons. The second-order valence-electron chi connectivity index (χ2n) is 4.41. The molecule has 0 radical (unpaired) electrons. The summed E-state index contributed by atoms with van der Waals surface area (Å²) in [5, 5.41) is 0. The maximum atomic E-state index is 11.3. The Labute approximate surface area is 84.2 Å². The molecule has 1 aliphatic rings. The molecule has 2 unspecified atom stereocenters. The first-order valence-electron chi connectivity index (χ1n) is 5.06. The van der Waals surface area contributed by atoms with Crippen LogP contribution in [0.4, 0.5) is 0 Å². The zero-order valence-corrected chi connectivity index (χ0v) is 9.82. The molecule has 0 amide bonds. The van der Waals surface area contributed by atoms with E-state index in [2.05, 4.69) is 18.9 Å². The summed E-state index contributed by atoms with van der Waals surface area (Å²) in [6.07, 6.45) is 5.51. The average molecular weight is 203 g/mol. The number of likely N-dealkylation sites (tertiary alicyclic amines) is 1. The van der Waals surface area contributed by atoms with Gasteiger partial charge in [0.1, 0.15) is 0 Å². The minimum Gasteiger partial charge on any atom is -0.306 e. The monoisotopic (exact) mass is 203 g/mol. The number of piperidine rings is 1. The van der Waals surface area contributed by atoms with Gasteiger partial charge in [-0.25, -0.2) is 0 Å². The summed E-state index contributed by atoms with van der Waals surface area (Å²) in [5.74, 6) is 0.883. The predicted molar refractivity (Wildman–Crippen MR) is 58.4 cm³/mol. The highest BCUT2D eigenvalue weighted by molar-refractivity contribution is 7.84. The summed E-state index contributed by atoms with van der Waals surface area (Å²) < 4.78 is 11.3. The molecule has 3 heteroatoms. The molecule has 0 aromatic rings. The van der Waals surface area contributed by atoms with E-state index < -0.39 is 10.8 Å². The highest BCUT2D eigenvalue weighted by atomic mass is 32.2. The van der Waals surface area contributed by atoms with Crippen molar-refractivity contribution in [1.29, 1.82) is 0 Å². The van der Waals surface area contributed by atoms with Crippen molar-refractivity contribution in [2.75, 3.05) is 32.1 Å². The Kier molecular flexibility index (Phi) is 3.92. The first-order valence-corrected chi connectivity index (χ1v) is 6.79. The van der Waals surface area contributed by atoms with Gasteiger partial charge in [0, 0.05) is 29.4 Å². The Bertz CT molecular complexity index is 195. The summed E-state index contributed by atoms with van der Waals surface area (Å²) in [6.45, 7) is 4.56.